The molecular formula is C22H28N2O4S. The Labute approximate surface area is 173 Å². The smallest absolute Gasteiger partial charge is 0.248 e. The summed E-state index contributed by atoms with van der Waals surface area (Å²) in [4.78, 5) is 12.5. The third-order valence-electron chi connectivity index (χ3n) is 4.14. The van der Waals surface area contributed by atoms with E-state index >= 15 is 0 Å². The summed E-state index contributed by atoms with van der Waals surface area (Å²) in [7, 11) is -3.65. The Bertz CT molecular complexity index is 950. The molecule has 7 heteroatoms. The third kappa shape index (κ3) is 6.17. The summed E-state index contributed by atoms with van der Waals surface area (Å²) in [6.07, 6.45) is 2.96. The fourth-order valence-corrected chi connectivity index (χ4v) is 4.23. The van der Waals surface area contributed by atoms with Crippen LogP contribution in [-0.4, -0.2) is 37.8 Å². The van der Waals surface area contributed by atoms with Crippen molar-refractivity contribution >= 4 is 27.7 Å². The summed E-state index contributed by atoms with van der Waals surface area (Å²) < 4.78 is 32.8. The van der Waals surface area contributed by atoms with Gasteiger partial charge in [0.15, 0.2) is 0 Å². The molecule has 2 aromatic carbocycles. The van der Waals surface area contributed by atoms with Crippen LogP contribution < -0.4 is 10.1 Å². The molecule has 0 aliphatic rings. The van der Waals surface area contributed by atoms with Gasteiger partial charge in [0.2, 0.25) is 15.9 Å². The molecule has 0 aliphatic heterocycles. The van der Waals surface area contributed by atoms with Crippen molar-refractivity contribution < 1.29 is 17.9 Å². The van der Waals surface area contributed by atoms with Crippen LogP contribution in [0.15, 0.2) is 59.5 Å². The molecule has 0 heterocycles. The third-order valence-corrected chi connectivity index (χ3v) is 6.19. The van der Waals surface area contributed by atoms with Crippen LogP contribution in [0.5, 0.6) is 5.75 Å². The van der Waals surface area contributed by atoms with Crippen LogP contribution in [0.2, 0.25) is 0 Å². The number of carbonyl (C=O) groups is 1. The van der Waals surface area contributed by atoms with Gasteiger partial charge in [-0.2, -0.15) is 4.31 Å². The summed E-state index contributed by atoms with van der Waals surface area (Å²) in [5.74, 6) is 0.0415. The van der Waals surface area contributed by atoms with E-state index in [1.54, 1.807) is 26.0 Å². The SMILES string of the molecule is CCN(CC)S(=O)(=O)c1ccc(OC(C)C)c(NC(=O)/C=C/c2ccccc2)c1. The second kappa shape index (κ2) is 10.2. The van der Waals surface area contributed by atoms with E-state index in [0.717, 1.165) is 5.56 Å². The first-order chi connectivity index (χ1) is 13.8. The van der Waals surface area contributed by atoms with Gasteiger partial charge in [-0.25, -0.2) is 8.42 Å². The summed E-state index contributed by atoms with van der Waals surface area (Å²) in [6.45, 7) is 8.03. The highest BCUT2D eigenvalue weighted by atomic mass is 32.2. The monoisotopic (exact) mass is 416 g/mol. The number of hydrogen-bond acceptors (Lipinski definition) is 4. The van der Waals surface area contributed by atoms with Gasteiger partial charge in [0.05, 0.1) is 16.7 Å². The van der Waals surface area contributed by atoms with Gasteiger partial charge < -0.3 is 10.1 Å². The zero-order chi connectivity index (χ0) is 21.4. The molecule has 0 saturated carbocycles. The minimum atomic E-state index is -3.65. The number of nitrogens with zero attached hydrogens (tertiary/aromatic N) is 1. The van der Waals surface area contributed by atoms with Crippen LogP contribution in [-0.2, 0) is 14.8 Å². The number of hydrogen-bond donors (Lipinski definition) is 1. The average molecular weight is 417 g/mol. The maximum atomic E-state index is 12.8. The molecule has 2 aromatic rings. The van der Waals surface area contributed by atoms with Gasteiger partial charge in [-0.05, 0) is 43.7 Å². The molecule has 1 amide bonds. The molecule has 0 aromatic heterocycles. The Kier molecular flexibility index (Phi) is 7.99. The highest BCUT2D eigenvalue weighted by Gasteiger charge is 2.23. The van der Waals surface area contributed by atoms with E-state index in [-0.39, 0.29) is 16.9 Å². The molecule has 0 radical (unpaired) electrons. The van der Waals surface area contributed by atoms with Crippen LogP contribution in [0, 0.1) is 0 Å². The van der Waals surface area contributed by atoms with Gasteiger partial charge in [-0.1, -0.05) is 44.2 Å². The van der Waals surface area contributed by atoms with E-state index in [9.17, 15) is 13.2 Å². The Morgan fingerprint density at radius 2 is 1.76 bits per heavy atom. The number of anilines is 1. The van der Waals surface area contributed by atoms with Gasteiger partial charge in [0.25, 0.3) is 0 Å². The number of rotatable bonds is 9. The van der Waals surface area contributed by atoms with Gasteiger partial charge in [-0.3, -0.25) is 4.79 Å². The normalized spacial score (nSPS) is 11.9. The van der Waals surface area contributed by atoms with E-state index in [0.29, 0.717) is 24.5 Å². The minimum absolute atomic E-state index is 0.111. The number of nitrogens with one attached hydrogen (secondary N) is 1. The van der Waals surface area contributed by atoms with Crippen molar-refractivity contribution in [1.29, 1.82) is 0 Å². The van der Waals surface area contributed by atoms with Crippen molar-refractivity contribution in [3.8, 4) is 5.75 Å². The predicted molar refractivity (Wildman–Crippen MR) is 116 cm³/mol. The first-order valence-corrected chi connectivity index (χ1v) is 11.1. The summed E-state index contributed by atoms with van der Waals surface area (Å²) in [5, 5.41) is 2.74. The fraction of sp³-hybridized carbons (Fsp3) is 0.318. The van der Waals surface area contributed by atoms with Crippen molar-refractivity contribution in [3.63, 3.8) is 0 Å². The van der Waals surface area contributed by atoms with Gasteiger partial charge in [0.1, 0.15) is 5.75 Å². The summed E-state index contributed by atoms with van der Waals surface area (Å²) in [5.41, 5.74) is 1.20. The maximum absolute atomic E-state index is 12.8. The largest absolute Gasteiger partial charge is 0.489 e. The quantitative estimate of drug-likeness (QED) is 0.623. The van der Waals surface area contributed by atoms with Crippen molar-refractivity contribution in [1.82, 2.24) is 4.31 Å². The zero-order valence-electron chi connectivity index (χ0n) is 17.3. The van der Waals surface area contributed by atoms with E-state index in [1.165, 1.54) is 22.5 Å². The lowest BCUT2D eigenvalue weighted by atomic mass is 10.2. The molecule has 0 bridgehead atoms. The van der Waals surface area contributed by atoms with Crippen LogP contribution >= 0.6 is 0 Å². The van der Waals surface area contributed by atoms with Crippen LogP contribution in [0.3, 0.4) is 0 Å². The fourth-order valence-electron chi connectivity index (χ4n) is 2.75. The number of amides is 1. The molecule has 156 valence electrons. The molecule has 0 saturated heterocycles. The Morgan fingerprint density at radius 3 is 2.34 bits per heavy atom. The second-order valence-electron chi connectivity index (χ2n) is 6.65. The summed E-state index contributed by atoms with van der Waals surface area (Å²) >= 11 is 0. The molecule has 1 N–H and O–H groups in total. The molecule has 2 rings (SSSR count). The Hall–Kier alpha value is -2.64. The molecule has 6 nitrogen and oxygen atoms in total. The number of sulfonamides is 1. The molecule has 0 atom stereocenters. The highest BCUT2D eigenvalue weighted by molar-refractivity contribution is 7.89. The maximum Gasteiger partial charge on any atom is 0.248 e. The minimum Gasteiger partial charge on any atom is -0.489 e. The topological polar surface area (TPSA) is 75.7 Å². The van der Waals surface area contributed by atoms with Crippen molar-refractivity contribution in [2.45, 2.75) is 38.7 Å². The first kappa shape index (κ1) is 22.6. The first-order valence-electron chi connectivity index (χ1n) is 9.62. The second-order valence-corrected chi connectivity index (χ2v) is 8.59. The average Bonchev–Trinajstić information content (AvgIpc) is 2.69. The predicted octanol–water partition coefficient (Wildman–Crippen LogP) is 4.16. The van der Waals surface area contributed by atoms with E-state index in [2.05, 4.69) is 5.32 Å². The van der Waals surface area contributed by atoms with Gasteiger partial charge >= 0.3 is 0 Å². The van der Waals surface area contributed by atoms with E-state index in [1.807, 2.05) is 44.2 Å². The zero-order valence-corrected chi connectivity index (χ0v) is 18.1. The lowest BCUT2D eigenvalue weighted by Gasteiger charge is -2.20. The molecule has 0 unspecified atom stereocenters. The molecule has 0 spiro atoms. The molecule has 29 heavy (non-hydrogen) atoms. The van der Waals surface area contributed by atoms with Crippen LogP contribution in [0.4, 0.5) is 5.69 Å². The van der Waals surface area contributed by atoms with E-state index in [4.69, 9.17) is 4.74 Å². The van der Waals surface area contributed by atoms with Crippen molar-refractivity contribution in [3.05, 3.63) is 60.2 Å². The van der Waals surface area contributed by atoms with Crippen molar-refractivity contribution in [2.75, 3.05) is 18.4 Å². The van der Waals surface area contributed by atoms with Gasteiger partial charge in [-0.15, -0.1) is 0 Å². The standard InChI is InChI=1S/C22H28N2O4S/c1-5-24(6-2)29(26,27)19-13-14-21(28-17(3)4)20(16-19)23-22(25)15-12-18-10-8-7-9-11-18/h7-17H,5-6H2,1-4H3,(H,23,25)/b15-12+. The number of ether oxygens (including phenoxy) is 1. The molecular weight excluding hydrogens is 388 g/mol. The molecule has 0 fully saturated rings. The van der Waals surface area contributed by atoms with Gasteiger partial charge in [0, 0.05) is 19.2 Å². The van der Waals surface area contributed by atoms with Crippen LogP contribution in [0.1, 0.15) is 33.3 Å². The molecule has 0 aliphatic carbocycles. The van der Waals surface area contributed by atoms with Crippen molar-refractivity contribution in [2.24, 2.45) is 0 Å². The summed E-state index contributed by atoms with van der Waals surface area (Å²) in [6, 6.07) is 14.0. The Morgan fingerprint density at radius 1 is 1.10 bits per heavy atom. The van der Waals surface area contributed by atoms with E-state index < -0.39 is 10.0 Å². The lowest BCUT2D eigenvalue weighted by molar-refractivity contribution is -0.111. The number of benzene rings is 2. The Balaban J connectivity index is 2.34. The van der Waals surface area contributed by atoms with Crippen LogP contribution in [0.25, 0.3) is 6.08 Å². The highest BCUT2D eigenvalue weighted by Crippen LogP contribution is 2.30. The number of carbonyl (C=O) groups excluding carboxylic acids is 1. The lowest BCUT2D eigenvalue weighted by Crippen LogP contribution is -2.30.